The highest BCUT2D eigenvalue weighted by Crippen LogP contribution is 2.28. The number of methoxy groups -OCH3 is 1. The maximum absolute atomic E-state index is 14.6. The van der Waals surface area contributed by atoms with Gasteiger partial charge < -0.3 is 19.3 Å². The topological polar surface area (TPSA) is 71.8 Å². The Balaban J connectivity index is 1.95. The number of hydrogen-bond acceptors (Lipinski definition) is 4. The van der Waals surface area contributed by atoms with Crippen LogP contribution in [0.4, 0.5) is 10.1 Å². The van der Waals surface area contributed by atoms with Crippen LogP contribution in [0, 0.1) is 5.82 Å². The Hall–Kier alpha value is -2.67. The number of hydrogen-bond donors (Lipinski definition) is 1. The van der Waals surface area contributed by atoms with Gasteiger partial charge in [0.1, 0.15) is 11.4 Å². The first-order chi connectivity index (χ1) is 11.9. The minimum Gasteiger partial charge on any atom is -0.477 e. The number of aryl methyl sites for hydroxylation is 1. The molecule has 1 aromatic heterocycles. The predicted octanol–water partition coefficient (Wildman–Crippen LogP) is 2.11. The number of halogens is 1. The SMILES string of the molecule is CO[C@@H]1CCN(c2ccc(-c3cc(=O)c(C(=O)O)cn3C)cc2F)C1. The first-order valence-corrected chi connectivity index (χ1v) is 7.92. The van der Waals surface area contributed by atoms with E-state index in [0.717, 1.165) is 13.0 Å². The maximum Gasteiger partial charge on any atom is 0.341 e. The normalized spacial score (nSPS) is 17.1. The van der Waals surface area contributed by atoms with Crippen LogP contribution >= 0.6 is 0 Å². The first kappa shape index (κ1) is 17.2. The van der Waals surface area contributed by atoms with Crippen molar-refractivity contribution in [2.45, 2.75) is 12.5 Å². The second-order valence-corrected chi connectivity index (χ2v) is 6.11. The van der Waals surface area contributed by atoms with E-state index < -0.39 is 11.4 Å². The highest BCUT2D eigenvalue weighted by molar-refractivity contribution is 5.87. The van der Waals surface area contributed by atoms with Gasteiger partial charge in [-0.25, -0.2) is 9.18 Å². The van der Waals surface area contributed by atoms with Gasteiger partial charge >= 0.3 is 5.97 Å². The lowest BCUT2D eigenvalue weighted by Gasteiger charge is -2.20. The van der Waals surface area contributed by atoms with Crippen molar-refractivity contribution >= 4 is 11.7 Å². The molecular weight excluding hydrogens is 327 g/mol. The van der Waals surface area contributed by atoms with Crippen LogP contribution in [-0.2, 0) is 11.8 Å². The molecule has 0 bridgehead atoms. The van der Waals surface area contributed by atoms with Crippen LogP contribution in [0.3, 0.4) is 0 Å². The third-order valence-electron chi connectivity index (χ3n) is 4.53. The van der Waals surface area contributed by atoms with Gasteiger partial charge in [0.15, 0.2) is 5.43 Å². The molecule has 3 rings (SSSR count). The second kappa shape index (κ2) is 6.68. The van der Waals surface area contributed by atoms with Gasteiger partial charge in [-0.05, 0) is 18.6 Å². The van der Waals surface area contributed by atoms with Crippen molar-refractivity contribution < 1.29 is 19.0 Å². The smallest absolute Gasteiger partial charge is 0.341 e. The molecule has 0 saturated carbocycles. The van der Waals surface area contributed by atoms with Crippen LogP contribution < -0.4 is 10.3 Å². The van der Waals surface area contributed by atoms with E-state index in [4.69, 9.17) is 9.84 Å². The summed E-state index contributed by atoms with van der Waals surface area (Å²) in [5, 5.41) is 9.01. The first-order valence-electron chi connectivity index (χ1n) is 7.92. The van der Waals surface area contributed by atoms with Crippen molar-refractivity contribution in [3.05, 3.63) is 52.1 Å². The number of anilines is 1. The Morgan fingerprint density at radius 2 is 2.12 bits per heavy atom. The van der Waals surface area contributed by atoms with Crippen LogP contribution in [0.25, 0.3) is 11.3 Å². The van der Waals surface area contributed by atoms with Crippen LogP contribution in [0.1, 0.15) is 16.8 Å². The summed E-state index contributed by atoms with van der Waals surface area (Å²) in [5.41, 5.74) is 0.547. The van der Waals surface area contributed by atoms with Crippen LogP contribution in [-0.4, -0.2) is 41.9 Å². The predicted molar refractivity (Wildman–Crippen MR) is 91.7 cm³/mol. The summed E-state index contributed by atoms with van der Waals surface area (Å²) in [6, 6.07) is 5.99. The molecule has 0 radical (unpaired) electrons. The lowest BCUT2D eigenvalue weighted by molar-refractivity contribution is 0.0694. The zero-order chi connectivity index (χ0) is 18.1. The molecule has 1 atom stereocenters. The van der Waals surface area contributed by atoms with Crippen molar-refractivity contribution in [2.75, 3.05) is 25.1 Å². The maximum atomic E-state index is 14.6. The van der Waals surface area contributed by atoms with E-state index in [0.29, 0.717) is 23.5 Å². The van der Waals surface area contributed by atoms with E-state index in [1.165, 1.54) is 22.9 Å². The minimum absolute atomic E-state index is 0.100. The molecule has 1 N–H and O–H groups in total. The Kier molecular flexibility index (Phi) is 4.59. The molecule has 2 aromatic rings. The molecular formula is C18H19FN2O4. The van der Waals surface area contributed by atoms with E-state index in [1.54, 1.807) is 26.3 Å². The highest BCUT2D eigenvalue weighted by atomic mass is 19.1. The fourth-order valence-electron chi connectivity index (χ4n) is 3.14. The summed E-state index contributed by atoms with van der Waals surface area (Å²) in [6.45, 7) is 1.36. The van der Waals surface area contributed by atoms with Crippen LogP contribution in [0.5, 0.6) is 0 Å². The number of ether oxygens (including phenoxy) is 1. The average molecular weight is 346 g/mol. The zero-order valence-electron chi connectivity index (χ0n) is 14.0. The van der Waals surface area contributed by atoms with Crippen molar-refractivity contribution in [1.82, 2.24) is 4.57 Å². The number of carbonyl (C=O) groups is 1. The van der Waals surface area contributed by atoms with Gasteiger partial charge in [-0.2, -0.15) is 0 Å². The van der Waals surface area contributed by atoms with Gasteiger partial charge in [-0.1, -0.05) is 6.07 Å². The van der Waals surface area contributed by atoms with E-state index in [1.807, 2.05) is 4.90 Å². The summed E-state index contributed by atoms with van der Waals surface area (Å²) in [4.78, 5) is 24.9. The van der Waals surface area contributed by atoms with Gasteiger partial charge in [0, 0.05) is 45.1 Å². The van der Waals surface area contributed by atoms with E-state index in [9.17, 15) is 14.0 Å². The molecule has 1 aliphatic heterocycles. The van der Waals surface area contributed by atoms with Gasteiger partial charge in [-0.15, -0.1) is 0 Å². The molecule has 2 heterocycles. The Labute approximate surface area is 144 Å². The Morgan fingerprint density at radius 3 is 2.72 bits per heavy atom. The van der Waals surface area contributed by atoms with Crippen molar-refractivity contribution in [3.8, 4) is 11.3 Å². The standard InChI is InChI=1S/C18H19FN2O4/c1-20-10-13(18(23)24)17(22)8-16(20)11-3-4-15(14(19)7-11)21-6-5-12(9-21)25-2/h3-4,7-8,10,12H,5-6,9H2,1-2H3,(H,23,24)/t12-/m1/s1. The largest absolute Gasteiger partial charge is 0.477 e. The fraction of sp³-hybridized carbons (Fsp3) is 0.333. The molecule has 6 nitrogen and oxygen atoms in total. The van der Waals surface area contributed by atoms with Crippen molar-refractivity contribution in [2.24, 2.45) is 7.05 Å². The molecule has 1 fully saturated rings. The third-order valence-corrected chi connectivity index (χ3v) is 4.53. The number of carboxylic acids is 1. The Bertz CT molecular complexity index is 878. The number of rotatable bonds is 4. The van der Waals surface area contributed by atoms with Gasteiger partial charge in [0.25, 0.3) is 0 Å². The average Bonchev–Trinajstić information content (AvgIpc) is 3.05. The summed E-state index contributed by atoms with van der Waals surface area (Å²) in [5.74, 6) is -1.67. The molecule has 1 aliphatic rings. The zero-order valence-corrected chi connectivity index (χ0v) is 14.0. The number of aromatic carboxylic acids is 1. The molecule has 1 saturated heterocycles. The van der Waals surface area contributed by atoms with Crippen LogP contribution in [0.2, 0.25) is 0 Å². The molecule has 132 valence electrons. The van der Waals surface area contributed by atoms with Gasteiger partial charge in [-0.3, -0.25) is 4.79 Å². The molecule has 0 spiro atoms. The summed E-state index contributed by atoms with van der Waals surface area (Å²) in [6.07, 6.45) is 2.20. The number of aromatic nitrogens is 1. The van der Waals surface area contributed by atoms with Gasteiger partial charge in [0.2, 0.25) is 0 Å². The molecule has 0 amide bonds. The molecule has 1 aromatic carbocycles. The number of pyridine rings is 1. The number of carboxylic acid groups (broad SMARTS) is 1. The quantitative estimate of drug-likeness (QED) is 0.918. The lowest BCUT2D eigenvalue weighted by Crippen LogP contribution is -2.23. The van der Waals surface area contributed by atoms with Crippen molar-refractivity contribution in [1.29, 1.82) is 0 Å². The van der Waals surface area contributed by atoms with E-state index >= 15 is 0 Å². The number of benzene rings is 1. The van der Waals surface area contributed by atoms with E-state index in [2.05, 4.69) is 0 Å². The molecule has 0 aliphatic carbocycles. The number of nitrogens with zero attached hydrogens (tertiary/aromatic N) is 2. The lowest BCUT2D eigenvalue weighted by atomic mass is 10.1. The summed E-state index contributed by atoms with van der Waals surface area (Å²) >= 11 is 0. The monoisotopic (exact) mass is 346 g/mol. The van der Waals surface area contributed by atoms with Gasteiger partial charge in [0.05, 0.1) is 17.5 Å². The second-order valence-electron chi connectivity index (χ2n) is 6.11. The summed E-state index contributed by atoms with van der Waals surface area (Å²) in [7, 11) is 3.27. The van der Waals surface area contributed by atoms with Crippen molar-refractivity contribution in [3.63, 3.8) is 0 Å². The minimum atomic E-state index is -1.28. The fourth-order valence-corrected chi connectivity index (χ4v) is 3.14. The molecule has 0 unspecified atom stereocenters. The van der Waals surface area contributed by atoms with E-state index in [-0.39, 0.29) is 17.5 Å². The van der Waals surface area contributed by atoms with Crippen LogP contribution in [0.15, 0.2) is 35.3 Å². The third kappa shape index (κ3) is 3.28. The Morgan fingerprint density at radius 1 is 1.36 bits per heavy atom. The highest BCUT2D eigenvalue weighted by Gasteiger charge is 2.24. The molecule has 25 heavy (non-hydrogen) atoms. The summed E-state index contributed by atoms with van der Waals surface area (Å²) < 4.78 is 21.4. The molecule has 7 heteroatoms.